The number of rotatable bonds is 1. The number of nitrogens with one attached hydrogen (secondary N) is 1. The molecule has 1 saturated carbocycles. The first-order valence-corrected chi connectivity index (χ1v) is 6.82. The molecule has 2 aromatic heterocycles. The van der Waals surface area contributed by atoms with Crippen LogP contribution in [0.4, 0.5) is 0 Å². The monoisotopic (exact) mass is 263 g/mol. The maximum atomic E-state index is 9.59. The molecule has 0 amide bonds. The van der Waals surface area contributed by atoms with Crippen molar-refractivity contribution >= 4 is 23.4 Å². The van der Waals surface area contributed by atoms with Crippen molar-refractivity contribution in [2.24, 2.45) is 0 Å². The van der Waals surface area contributed by atoms with Crippen molar-refractivity contribution in [2.45, 2.75) is 44.8 Å². The SMILES string of the molecule is Cc1ccc2[nH]c(=S)n(C3CCC(O)CC3)c2n1. The highest BCUT2D eigenvalue weighted by atomic mass is 32.1. The Labute approximate surface area is 111 Å². The number of aromatic nitrogens is 3. The van der Waals surface area contributed by atoms with Gasteiger partial charge in [0.15, 0.2) is 10.4 Å². The second kappa shape index (κ2) is 4.48. The van der Waals surface area contributed by atoms with Crippen molar-refractivity contribution in [1.29, 1.82) is 0 Å². The molecule has 0 aromatic carbocycles. The number of pyridine rings is 1. The Bertz CT molecular complexity index is 623. The van der Waals surface area contributed by atoms with Crippen molar-refractivity contribution in [3.8, 4) is 0 Å². The zero-order chi connectivity index (χ0) is 12.7. The predicted molar refractivity (Wildman–Crippen MR) is 73.2 cm³/mol. The number of fused-ring (bicyclic) bond motifs is 1. The minimum Gasteiger partial charge on any atom is -0.393 e. The molecular formula is C13H17N3OS. The Balaban J connectivity index is 2.08. The van der Waals surface area contributed by atoms with Gasteiger partial charge in [-0.05, 0) is 57.0 Å². The summed E-state index contributed by atoms with van der Waals surface area (Å²) in [5.74, 6) is 0. The highest BCUT2D eigenvalue weighted by Crippen LogP contribution is 2.31. The van der Waals surface area contributed by atoms with E-state index >= 15 is 0 Å². The van der Waals surface area contributed by atoms with Gasteiger partial charge in [-0.3, -0.25) is 4.57 Å². The molecule has 0 aliphatic heterocycles. The molecular weight excluding hydrogens is 246 g/mol. The lowest BCUT2D eigenvalue weighted by Gasteiger charge is -2.26. The fourth-order valence-electron chi connectivity index (χ4n) is 2.75. The lowest BCUT2D eigenvalue weighted by atomic mass is 9.93. The standard InChI is InChI=1S/C13H17N3OS/c1-8-2-7-11-12(14-8)16(13(18)15-11)9-3-5-10(17)6-4-9/h2,7,9-10,17H,3-6H2,1H3,(H,15,18). The molecule has 0 unspecified atom stereocenters. The molecule has 0 atom stereocenters. The minimum absolute atomic E-state index is 0.143. The van der Waals surface area contributed by atoms with Crippen molar-refractivity contribution in [2.75, 3.05) is 0 Å². The highest BCUT2D eigenvalue weighted by Gasteiger charge is 2.23. The van der Waals surface area contributed by atoms with Crippen LogP contribution >= 0.6 is 12.2 Å². The van der Waals surface area contributed by atoms with Crippen molar-refractivity contribution < 1.29 is 5.11 Å². The van der Waals surface area contributed by atoms with E-state index in [1.807, 2.05) is 19.1 Å². The molecule has 2 N–H and O–H groups in total. The van der Waals surface area contributed by atoms with E-state index < -0.39 is 0 Å². The average molecular weight is 263 g/mol. The van der Waals surface area contributed by atoms with Crippen LogP contribution in [0.15, 0.2) is 12.1 Å². The summed E-state index contributed by atoms with van der Waals surface area (Å²) in [7, 11) is 0. The summed E-state index contributed by atoms with van der Waals surface area (Å²) in [5.41, 5.74) is 2.94. The molecule has 5 heteroatoms. The number of hydrogen-bond acceptors (Lipinski definition) is 3. The lowest BCUT2D eigenvalue weighted by Crippen LogP contribution is -2.21. The molecule has 4 nitrogen and oxygen atoms in total. The van der Waals surface area contributed by atoms with Gasteiger partial charge in [0.1, 0.15) is 0 Å². The van der Waals surface area contributed by atoms with E-state index in [4.69, 9.17) is 12.2 Å². The largest absolute Gasteiger partial charge is 0.393 e. The molecule has 1 fully saturated rings. The summed E-state index contributed by atoms with van der Waals surface area (Å²) in [6.07, 6.45) is 3.50. The Morgan fingerprint density at radius 2 is 2.06 bits per heavy atom. The van der Waals surface area contributed by atoms with E-state index in [1.54, 1.807) is 0 Å². The Hall–Kier alpha value is -1.20. The normalized spacial score (nSPS) is 24.6. The summed E-state index contributed by atoms with van der Waals surface area (Å²) >= 11 is 5.41. The van der Waals surface area contributed by atoms with Crippen LogP contribution in [-0.4, -0.2) is 25.7 Å². The van der Waals surface area contributed by atoms with Crippen molar-refractivity contribution in [3.05, 3.63) is 22.6 Å². The highest BCUT2D eigenvalue weighted by molar-refractivity contribution is 7.71. The number of aliphatic hydroxyl groups is 1. The van der Waals surface area contributed by atoms with E-state index in [1.165, 1.54) is 0 Å². The van der Waals surface area contributed by atoms with Gasteiger partial charge in [0.05, 0.1) is 11.6 Å². The predicted octanol–water partition coefficient (Wildman–Crippen LogP) is 2.88. The molecule has 18 heavy (non-hydrogen) atoms. The van der Waals surface area contributed by atoms with Gasteiger partial charge in [0, 0.05) is 11.7 Å². The summed E-state index contributed by atoms with van der Waals surface area (Å²) in [5, 5.41) is 9.59. The summed E-state index contributed by atoms with van der Waals surface area (Å²) in [4.78, 5) is 7.81. The van der Waals surface area contributed by atoms with Crippen LogP contribution in [0.2, 0.25) is 0 Å². The maximum absolute atomic E-state index is 9.59. The van der Waals surface area contributed by atoms with Gasteiger partial charge >= 0.3 is 0 Å². The molecule has 0 saturated heterocycles. The third kappa shape index (κ3) is 1.97. The number of H-pyrrole nitrogens is 1. The van der Waals surface area contributed by atoms with Crippen LogP contribution in [0.5, 0.6) is 0 Å². The first kappa shape index (κ1) is 11.9. The van der Waals surface area contributed by atoms with E-state index in [2.05, 4.69) is 14.5 Å². The average Bonchev–Trinajstić information content (AvgIpc) is 2.66. The second-order valence-electron chi connectivity index (χ2n) is 5.09. The van der Waals surface area contributed by atoms with Crippen LogP contribution in [0, 0.1) is 11.7 Å². The van der Waals surface area contributed by atoms with Crippen LogP contribution < -0.4 is 0 Å². The first-order chi connectivity index (χ1) is 8.65. The van der Waals surface area contributed by atoms with E-state index in [9.17, 15) is 5.11 Å². The van der Waals surface area contributed by atoms with E-state index in [-0.39, 0.29) is 6.10 Å². The number of hydrogen-bond donors (Lipinski definition) is 2. The molecule has 0 spiro atoms. The van der Waals surface area contributed by atoms with Crippen LogP contribution in [-0.2, 0) is 0 Å². The molecule has 1 aliphatic carbocycles. The molecule has 0 bridgehead atoms. The maximum Gasteiger partial charge on any atom is 0.179 e. The zero-order valence-corrected chi connectivity index (χ0v) is 11.2. The smallest absolute Gasteiger partial charge is 0.179 e. The fraction of sp³-hybridized carbons (Fsp3) is 0.538. The Kier molecular flexibility index (Phi) is 2.95. The van der Waals surface area contributed by atoms with Gasteiger partial charge in [-0.1, -0.05) is 0 Å². The molecule has 96 valence electrons. The van der Waals surface area contributed by atoms with Gasteiger partial charge in [-0.15, -0.1) is 0 Å². The minimum atomic E-state index is -0.143. The Morgan fingerprint density at radius 3 is 2.78 bits per heavy atom. The van der Waals surface area contributed by atoms with E-state index in [0.717, 1.165) is 47.3 Å². The van der Waals surface area contributed by atoms with Crippen LogP contribution in [0.1, 0.15) is 37.4 Å². The molecule has 1 aliphatic rings. The summed E-state index contributed by atoms with van der Waals surface area (Å²) < 4.78 is 2.87. The fourth-order valence-corrected chi connectivity index (χ4v) is 3.10. The number of aromatic amines is 1. The van der Waals surface area contributed by atoms with Gasteiger partial charge < -0.3 is 10.1 Å². The van der Waals surface area contributed by atoms with E-state index in [0.29, 0.717) is 6.04 Å². The lowest BCUT2D eigenvalue weighted by molar-refractivity contribution is 0.111. The third-order valence-corrected chi connectivity index (χ3v) is 4.03. The molecule has 2 heterocycles. The van der Waals surface area contributed by atoms with Gasteiger partial charge in [0.25, 0.3) is 0 Å². The topological polar surface area (TPSA) is 53.8 Å². The summed E-state index contributed by atoms with van der Waals surface area (Å²) in [6.45, 7) is 1.99. The molecule has 3 rings (SSSR count). The second-order valence-corrected chi connectivity index (χ2v) is 5.47. The van der Waals surface area contributed by atoms with Crippen LogP contribution in [0.25, 0.3) is 11.2 Å². The first-order valence-electron chi connectivity index (χ1n) is 6.41. The number of aryl methyl sites for hydroxylation is 1. The van der Waals surface area contributed by atoms with Gasteiger partial charge in [-0.25, -0.2) is 4.98 Å². The van der Waals surface area contributed by atoms with Gasteiger partial charge in [-0.2, -0.15) is 0 Å². The van der Waals surface area contributed by atoms with Crippen molar-refractivity contribution in [3.63, 3.8) is 0 Å². The van der Waals surface area contributed by atoms with Crippen molar-refractivity contribution in [1.82, 2.24) is 14.5 Å². The molecule has 2 aromatic rings. The summed E-state index contributed by atoms with van der Waals surface area (Å²) in [6, 6.07) is 4.38. The Morgan fingerprint density at radius 1 is 1.33 bits per heavy atom. The van der Waals surface area contributed by atoms with Crippen LogP contribution in [0.3, 0.4) is 0 Å². The zero-order valence-electron chi connectivity index (χ0n) is 10.4. The third-order valence-electron chi connectivity index (χ3n) is 3.73. The quantitative estimate of drug-likeness (QED) is 0.778. The molecule has 0 radical (unpaired) electrons. The number of imidazole rings is 1. The van der Waals surface area contributed by atoms with Gasteiger partial charge in [0.2, 0.25) is 0 Å². The number of nitrogens with zero attached hydrogens (tertiary/aromatic N) is 2. The number of aliphatic hydroxyl groups excluding tert-OH is 1.